The van der Waals surface area contributed by atoms with E-state index in [1.54, 1.807) is 0 Å². The summed E-state index contributed by atoms with van der Waals surface area (Å²) in [6.07, 6.45) is 4.58. The lowest BCUT2D eigenvalue weighted by Crippen LogP contribution is -2.26. The quantitative estimate of drug-likeness (QED) is 0.512. The van der Waals surface area contributed by atoms with E-state index in [-0.39, 0.29) is 11.2 Å². The lowest BCUT2D eigenvalue weighted by atomic mass is 9.72. The molecule has 1 nitrogen and oxygen atoms in total. The number of rotatable bonds is 2. The molecule has 1 heteroatoms. The number of benzene rings is 2. The molecule has 2 unspecified atom stereocenters. The number of aryl methyl sites for hydroxylation is 5. The molecule has 0 spiro atoms. The highest BCUT2D eigenvalue weighted by Crippen LogP contribution is 2.65. The van der Waals surface area contributed by atoms with Gasteiger partial charge in [-0.15, -0.1) is 0 Å². The van der Waals surface area contributed by atoms with Gasteiger partial charge in [0.1, 0.15) is 11.2 Å². The molecule has 1 aliphatic heterocycles. The second kappa shape index (κ2) is 5.94. The van der Waals surface area contributed by atoms with E-state index in [1.807, 2.05) is 0 Å². The van der Waals surface area contributed by atoms with Crippen LogP contribution < -0.4 is 0 Å². The summed E-state index contributed by atoms with van der Waals surface area (Å²) in [6.45, 7) is 20.1. The van der Waals surface area contributed by atoms with Crippen LogP contribution in [0.1, 0.15) is 59.7 Å². The second-order valence-electron chi connectivity index (χ2n) is 9.27. The first kappa shape index (κ1) is 19.2. The first-order valence-electron chi connectivity index (χ1n) is 10.3. The third-order valence-corrected chi connectivity index (χ3v) is 6.78. The Morgan fingerprint density at radius 1 is 0.714 bits per heavy atom. The number of ether oxygens (including phenoxy) is 1. The molecule has 0 saturated carbocycles. The Bertz CT molecular complexity index is 1060. The third-order valence-electron chi connectivity index (χ3n) is 6.78. The number of allylic oxidation sites excluding steroid dienone is 2. The minimum Gasteiger partial charge on any atom is -0.348 e. The average molecular weight is 373 g/mol. The highest BCUT2D eigenvalue weighted by Gasteiger charge is 2.69. The molecule has 2 aromatic rings. The predicted molar refractivity (Wildman–Crippen MR) is 119 cm³/mol. The van der Waals surface area contributed by atoms with E-state index >= 15 is 0 Å². The van der Waals surface area contributed by atoms with Gasteiger partial charge in [-0.1, -0.05) is 35.4 Å². The summed E-state index contributed by atoms with van der Waals surface area (Å²) in [6, 6.07) is 6.95. The Kier molecular flexibility index (Phi) is 4.07. The molecule has 1 saturated heterocycles. The monoisotopic (exact) mass is 372 g/mol. The maximum Gasteiger partial charge on any atom is 0.148 e. The smallest absolute Gasteiger partial charge is 0.148 e. The minimum atomic E-state index is -0.324. The van der Waals surface area contributed by atoms with Gasteiger partial charge in [0.2, 0.25) is 0 Å². The largest absolute Gasteiger partial charge is 0.348 e. The number of fused-ring (bicyclic) bond motifs is 1. The van der Waals surface area contributed by atoms with E-state index in [9.17, 15) is 0 Å². The van der Waals surface area contributed by atoms with Crippen LogP contribution >= 0.6 is 0 Å². The molecule has 146 valence electrons. The van der Waals surface area contributed by atoms with Crippen LogP contribution in [0.25, 0.3) is 11.1 Å². The van der Waals surface area contributed by atoms with Crippen molar-refractivity contribution in [3.05, 3.63) is 80.4 Å². The normalized spacial score (nSPS) is 25.9. The number of hydrogen-bond donors (Lipinski definition) is 0. The van der Waals surface area contributed by atoms with Crippen molar-refractivity contribution in [2.24, 2.45) is 0 Å². The highest BCUT2D eigenvalue weighted by atomic mass is 16.6. The predicted octanol–water partition coefficient (Wildman–Crippen LogP) is 7.09. The van der Waals surface area contributed by atoms with Crippen LogP contribution in [0.4, 0.5) is 0 Å². The van der Waals surface area contributed by atoms with Crippen molar-refractivity contribution in [1.29, 1.82) is 0 Å². The van der Waals surface area contributed by atoms with Crippen molar-refractivity contribution < 1.29 is 4.74 Å². The van der Waals surface area contributed by atoms with Crippen molar-refractivity contribution in [2.75, 3.05) is 0 Å². The lowest BCUT2D eigenvalue weighted by molar-refractivity contribution is 0.308. The van der Waals surface area contributed by atoms with E-state index in [2.05, 4.69) is 92.7 Å². The molecule has 1 heterocycles. The molecule has 1 fully saturated rings. The number of epoxide rings is 1. The van der Waals surface area contributed by atoms with Gasteiger partial charge < -0.3 is 4.74 Å². The molecule has 0 bridgehead atoms. The minimum absolute atomic E-state index is 0.241. The van der Waals surface area contributed by atoms with Gasteiger partial charge in [-0.05, 0) is 118 Å². The topological polar surface area (TPSA) is 12.5 Å². The fourth-order valence-corrected chi connectivity index (χ4v) is 6.00. The van der Waals surface area contributed by atoms with Gasteiger partial charge in [-0.3, -0.25) is 0 Å². The van der Waals surface area contributed by atoms with Crippen LogP contribution in [0, 0.1) is 41.5 Å². The Hall–Kier alpha value is -2.12. The van der Waals surface area contributed by atoms with E-state index < -0.39 is 0 Å². The van der Waals surface area contributed by atoms with Crippen LogP contribution in [-0.4, -0.2) is 5.60 Å². The summed E-state index contributed by atoms with van der Waals surface area (Å²) >= 11 is 0. The van der Waals surface area contributed by atoms with Gasteiger partial charge in [0, 0.05) is 0 Å². The van der Waals surface area contributed by atoms with Gasteiger partial charge >= 0.3 is 0 Å². The zero-order valence-corrected chi connectivity index (χ0v) is 18.8. The fourth-order valence-electron chi connectivity index (χ4n) is 6.00. The van der Waals surface area contributed by atoms with Gasteiger partial charge in [-0.2, -0.15) is 0 Å². The van der Waals surface area contributed by atoms with Gasteiger partial charge in [0.05, 0.1) is 0 Å². The first-order chi connectivity index (χ1) is 13.0. The molecule has 2 aliphatic rings. The Balaban J connectivity index is 2.02. The Labute approximate surface area is 170 Å². The van der Waals surface area contributed by atoms with E-state index in [4.69, 9.17) is 4.74 Å². The van der Waals surface area contributed by atoms with Crippen molar-refractivity contribution in [2.45, 2.75) is 73.5 Å². The first-order valence-corrected chi connectivity index (χ1v) is 10.3. The van der Waals surface area contributed by atoms with Crippen LogP contribution in [-0.2, 0) is 10.3 Å². The summed E-state index contributed by atoms with van der Waals surface area (Å²) in [7, 11) is 0. The molecule has 28 heavy (non-hydrogen) atoms. The van der Waals surface area contributed by atoms with Crippen molar-refractivity contribution in [3.63, 3.8) is 0 Å². The molecule has 0 radical (unpaired) electrons. The fraction of sp³-hybridized carbons (Fsp3) is 0.407. The zero-order chi connectivity index (χ0) is 20.6. The van der Waals surface area contributed by atoms with Gasteiger partial charge in [0.25, 0.3) is 0 Å². The van der Waals surface area contributed by atoms with Crippen LogP contribution in [0.3, 0.4) is 0 Å². The summed E-state index contributed by atoms with van der Waals surface area (Å²) < 4.78 is 6.55. The molecule has 1 aliphatic carbocycles. The van der Waals surface area contributed by atoms with Crippen LogP contribution in [0.2, 0.25) is 0 Å². The SMILES string of the molecule is CC1=CC2(C)OC2(c2c(C)cc(C)c(-c3c(C)cc(C)cc3C)c2C)C(C)=C1. The molecule has 0 amide bonds. The van der Waals surface area contributed by atoms with Gasteiger partial charge in [0.15, 0.2) is 0 Å². The van der Waals surface area contributed by atoms with Crippen LogP contribution in [0.15, 0.2) is 41.5 Å². The third kappa shape index (κ3) is 2.42. The highest BCUT2D eigenvalue weighted by molar-refractivity contribution is 5.79. The molecule has 0 N–H and O–H groups in total. The maximum atomic E-state index is 6.55. The van der Waals surface area contributed by atoms with E-state index in [0.717, 1.165) is 0 Å². The molecular formula is C27H32O. The van der Waals surface area contributed by atoms with E-state index in [0.29, 0.717) is 0 Å². The molecule has 0 aromatic heterocycles. The molecule has 2 aromatic carbocycles. The Morgan fingerprint density at radius 3 is 1.86 bits per heavy atom. The standard InChI is InChI=1S/C27H32O/c1-15-10-17(3)23(18(4)11-15)24-19(5)13-20(6)25(22(24)8)27-21(7)12-16(2)14-26(27,9)28-27/h10-14H,1-9H3. The lowest BCUT2D eigenvalue weighted by Gasteiger charge is -2.28. The Morgan fingerprint density at radius 2 is 1.29 bits per heavy atom. The van der Waals surface area contributed by atoms with Gasteiger partial charge in [-0.25, -0.2) is 0 Å². The second-order valence-corrected chi connectivity index (χ2v) is 9.27. The van der Waals surface area contributed by atoms with Crippen LogP contribution in [0.5, 0.6) is 0 Å². The number of hydrogen-bond acceptors (Lipinski definition) is 1. The zero-order valence-electron chi connectivity index (χ0n) is 18.8. The molecule has 2 atom stereocenters. The average Bonchev–Trinajstić information content (AvgIpc) is 3.15. The van der Waals surface area contributed by atoms with Crippen molar-refractivity contribution in [1.82, 2.24) is 0 Å². The summed E-state index contributed by atoms with van der Waals surface area (Å²) in [5.74, 6) is 0. The van der Waals surface area contributed by atoms with Crippen molar-refractivity contribution >= 4 is 0 Å². The maximum absolute atomic E-state index is 6.55. The summed E-state index contributed by atoms with van der Waals surface area (Å²) in [5.41, 5.74) is 14.2. The van der Waals surface area contributed by atoms with Crippen molar-refractivity contribution in [3.8, 4) is 11.1 Å². The summed E-state index contributed by atoms with van der Waals surface area (Å²) in [5, 5.41) is 0. The molecular weight excluding hydrogens is 340 g/mol. The van der Waals surface area contributed by atoms with E-state index in [1.165, 1.54) is 61.2 Å². The summed E-state index contributed by atoms with van der Waals surface area (Å²) in [4.78, 5) is 0. The molecule has 4 rings (SSSR count).